The molecule has 3 aromatic rings. The van der Waals surface area contributed by atoms with Gasteiger partial charge in [0, 0.05) is 17.0 Å². The molecule has 1 aromatic carbocycles. The predicted octanol–water partition coefficient (Wildman–Crippen LogP) is 5.46. The van der Waals surface area contributed by atoms with Crippen molar-refractivity contribution in [3.8, 4) is 0 Å². The SMILES string of the molecule is NC(=O)[C@H]1CC[C@H](n2c(Nc3c(Cl)cc(Cl)cc3Cl)nc3cnc(N[C@@H]4CCCC[C@H]4O)nc32)CC1. The van der Waals surface area contributed by atoms with Gasteiger partial charge in [-0.3, -0.25) is 9.36 Å². The van der Waals surface area contributed by atoms with E-state index in [1.165, 1.54) is 0 Å². The largest absolute Gasteiger partial charge is 0.391 e. The molecule has 2 aromatic heterocycles. The van der Waals surface area contributed by atoms with E-state index in [0.29, 0.717) is 56.7 Å². The molecule has 192 valence electrons. The molecule has 2 fully saturated rings. The van der Waals surface area contributed by atoms with Crippen LogP contribution >= 0.6 is 34.8 Å². The normalized spacial score (nSPS) is 24.6. The van der Waals surface area contributed by atoms with Gasteiger partial charge in [0.25, 0.3) is 0 Å². The molecule has 2 atom stereocenters. The number of carbonyl (C=O) groups is 1. The number of fused-ring (bicyclic) bond motifs is 1. The van der Waals surface area contributed by atoms with Crippen molar-refractivity contribution in [3.63, 3.8) is 0 Å². The second-order valence-corrected chi connectivity index (χ2v) is 10.8. The molecular formula is C24H28Cl3N7O2. The van der Waals surface area contributed by atoms with Crippen LogP contribution in [0, 0.1) is 5.92 Å². The van der Waals surface area contributed by atoms with Crippen LogP contribution in [-0.4, -0.2) is 42.7 Å². The summed E-state index contributed by atoms with van der Waals surface area (Å²) in [4.78, 5) is 25.7. The van der Waals surface area contributed by atoms with Gasteiger partial charge in [-0.2, -0.15) is 4.98 Å². The molecule has 2 aliphatic rings. The zero-order valence-corrected chi connectivity index (χ0v) is 21.8. The zero-order valence-electron chi connectivity index (χ0n) is 19.6. The van der Waals surface area contributed by atoms with Crippen molar-refractivity contribution >= 4 is 69.5 Å². The maximum Gasteiger partial charge on any atom is 0.225 e. The number of benzene rings is 1. The van der Waals surface area contributed by atoms with Gasteiger partial charge in [-0.25, -0.2) is 9.97 Å². The minimum Gasteiger partial charge on any atom is -0.391 e. The Morgan fingerprint density at radius 1 is 1.03 bits per heavy atom. The van der Waals surface area contributed by atoms with Crippen molar-refractivity contribution in [2.75, 3.05) is 10.6 Å². The van der Waals surface area contributed by atoms with Crippen molar-refractivity contribution < 1.29 is 9.90 Å². The van der Waals surface area contributed by atoms with Gasteiger partial charge in [0.05, 0.1) is 34.1 Å². The van der Waals surface area contributed by atoms with Crippen LogP contribution in [0.2, 0.25) is 15.1 Å². The zero-order chi connectivity index (χ0) is 25.4. The van der Waals surface area contributed by atoms with Crippen LogP contribution in [0.5, 0.6) is 0 Å². The fourth-order valence-electron chi connectivity index (χ4n) is 5.23. The number of rotatable bonds is 6. The van der Waals surface area contributed by atoms with Gasteiger partial charge < -0.3 is 21.5 Å². The molecule has 0 spiro atoms. The monoisotopic (exact) mass is 551 g/mol. The molecule has 5 N–H and O–H groups in total. The minimum atomic E-state index is -0.432. The summed E-state index contributed by atoms with van der Waals surface area (Å²) in [6.07, 6.45) is 7.78. The minimum absolute atomic E-state index is 0.0287. The lowest BCUT2D eigenvalue weighted by Gasteiger charge is -2.29. The van der Waals surface area contributed by atoms with E-state index in [1.807, 2.05) is 4.57 Å². The maximum absolute atomic E-state index is 11.7. The Morgan fingerprint density at radius 3 is 2.39 bits per heavy atom. The number of primary amides is 1. The number of nitrogens with two attached hydrogens (primary N) is 1. The smallest absolute Gasteiger partial charge is 0.225 e. The fourth-order valence-corrected chi connectivity index (χ4v) is 6.14. The molecule has 2 heterocycles. The Labute approximate surface area is 223 Å². The van der Waals surface area contributed by atoms with Gasteiger partial charge >= 0.3 is 0 Å². The Bertz CT molecular complexity index is 1250. The number of aromatic nitrogens is 4. The van der Waals surface area contributed by atoms with Crippen LogP contribution in [0.25, 0.3) is 11.2 Å². The number of aliphatic hydroxyl groups excluding tert-OH is 1. The number of anilines is 3. The molecule has 0 aliphatic heterocycles. The van der Waals surface area contributed by atoms with E-state index in [9.17, 15) is 9.90 Å². The Morgan fingerprint density at radius 2 is 1.72 bits per heavy atom. The van der Waals surface area contributed by atoms with E-state index < -0.39 is 6.10 Å². The number of halogens is 3. The topological polar surface area (TPSA) is 131 Å². The lowest BCUT2D eigenvalue weighted by Crippen LogP contribution is -2.36. The molecule has 36 heavy (non-hydrogen) atoms. The highest BCUT2D eigenvalue weighted by molar-refractivity contribution is 6.41. The Kier molecular flexibility index (Phi) is 7.44. The fraction of sp³-hybridized carbons (Fsp3) is 0.500. The number of aliphatic hydroxyl groups is 1. The summed E-state index contributed by atoms with van der Waals surface area (Å²) in [5, 5.41) is 18.1. The van der Waals surface area contributed by atoms with Gasteiger partial charge in [-0.15, -0.1) is 0 Å². The quantitative estimate of drug-likeness (QED) is 0.319. The van der Waals surface area contributed by atoms with Crippen molar-refractivity contribution in [2.24, 2.45) is 11.7 Å². The molecule has 1 amide bonds. The van der Waals surface area contributed by atoms with Gasteiger partial charge in [-0.05, 0) is 50.7 Å². The number of imidazole rings is 1. The van der Waals surface area contributed by atoms with Gasteiger partial charge in [0.1, 0.15) is 5.52 Å². The van der Waals surface area contributed by atoms with Crippen LogP contribution < -0.4 is 16.4 Å². The van der Waals surface area contributed by atoms with Crippen molar-refractivity contribution in [1.29, 1.82) is 0 Å². The summed E-state index contributed by atoms with van der Waals surface area (Å²) >= 11 is 19.0. The third-order valence-corrected chi connectivity index (χ3v) is 8.00. The molecule has 2 saturated carbocycles. The lowest BCUT2D eigenvalue weighted by atomic mass is 9.85. The molecule has 2 aliphatic carbocycles. The van der Waals surface area contributed by atoms with Gasteiger partial charge in [0.2, 0.25) is 17.8 Å². The highest BCUT2D eigenvalue weighted by Gasteiger charge is 2.30. The van der Waals surface area contributed by atoms with E-state index >= 15 is 0 Å². The molecule has 0 unspecified atom stereocenters. The highest BCUT2D eigenvalue weighted by Crippen LogP contribution is 2.40. The van der Waals surface area contributed by atoms with E-state index in [-0.39, 0.29) is 23.9 Å². The lowest BCUT2D eigenvalue weighted by molar-refractivity contribution is -0.122. The Balaban J connectivity index is 1.53. The number of hydrogen-bond acceptors (Lipinski definition) is 7. The van der Waals surface area contributed by atoms with Crippen LogP contribution in [0.3, 0.4) is 0 Å². The highest BCUT2D eigenvalue weighted by atomic mass is 35.5. The molecular weight excluding hydrogens is 525 g/mol. The second-order valence-electron chi connectivity index (χ2n) is 9.59. The van der Waals surface area contributed by atoms with Gasteiger partial charge in [0.15, 0.2) is 5.65 Å². The summed E-state index contributed by atoms with van der Waals surface area (Å²) in [5.41, 5.74) is 7.29. The standard InChI is InChI=1S/C24H28Cl3N7O2/c25-13-9-15(26)20(16(27)10-13)32-24-31-18-11-29-23(30-17-3-1-2-4-19(17)35)33-22(18)34(24)14-7-5-12(6-8-14)21(28)36/h9-12,14,17,19,35H,1-8H2,(H2,28,36)(H,31,32)(H,29,30,33)/t12-,14-,17-,19-/m1/s1. The first-order valence-corrected chi connectivity index (χ1v) is 13.3. The number of hydrogen-bond donors (Lipinski definition) is 4. The number of amides is 1. The maximum atomic E-state index is 11.7. The van der Waals surface area contributed by atoms with Crippen LogP contribution in [-0.2, 0) is 4.79 Å². The molecule has 9 nitrogen and oxygen atoms in total. The van der Waals surface area contributed by atoms with E-state index in [4.69, 9.17) is 50.5 Å². The first-order chi connectivity index (χ1) is 17.3. The van der Waals surface area contributed by atoms with Gasteiger partial charge in [-0.1, -0.05) is 47.6 Å². The molecule has 0 bridgehead atoms. The molecule has 0 saturated heterocycles. The van der Waals surface area contributed by atoms with E-state index in [0.717, 1.165) is 38.5 Å². The van der Waals surface area contributed by atoms with Crippen molar-refractivity contribution in [1.82, 2.24) is 19.5 Å². The summed E-state index contributed by atoms with van der Waals surface area (Å²) in [5.74, 6) is 0.562. The number of carbonyl (C=O) groups excluding carboxylic acids is 1. The second kappa shape index (κ2) is 10.6. The first kappa shape index (κ1) is 25.3. The Hall–Kier alpha value is -2.33. The first-order valence-electron chi connectivity index (χ1n) is 12.2. The van der Waals surface area contributed by atoms with E-state index in [1.54, 1.807) is 18.3 Å². The third kappa shape index (κ3) is 5.20. The summed E-state index contributed by atoms with van der Waals surface area (Å²) < 4.78 is 2.03. The summed E-state index contributed by atoms with van der Waals surface area (Å²) in [7, 11) is 0. The van der Waals surface area contributed by atoms with Crippen LogP contribution in [0.4, 0.5) is 17.6 Å². The number of nitrogens with one attached hydrogen (secondary N) is 2. The number of nitrogens with zero attached hydrogens (tertiary/aromatic N) is 4. The van der Waals surface area contributed by atoms with E-state index in [2.05, 4.69) is 15.6 Å². The van der Waals surface area contributed by atoms with Crippen molar-refractivity contribution in [3.05, 3.63) is 33.4 Å². The summed E-state index contributed by atoms with van der Waals surface area (Å²) in [6.45, 7) is 0. The summed E-state index contributed by atoms with van der Waals surface area (Å²) in [6, 6.07) is 3.16. The average molecular weight is 553 g/mol. The van der Waals surface area contributed by atoms with Crippen molar-refractivity contribution in [2.45, 2.75) is 69.6 Å². The van der Waals surface area contributed by atoms with Crippen LogP contribution in [0.15, 0.2) is 18.3 Å². The van der Waals surface area contributed by atoms with Crippen LogP contribution in [0.1, 0.15) is 57.4 Å². The molecule has 12 heteroatoms. The third-order valence-electron chi connectivity index (χ3n) is 7.18. The average Bonchev–Trinajstić information content (AvgIpc) is 3.20. The predicted molar refractivity (Wildman–Crippen MR) is 142 cm³/mol. The molecule has 0 radical (unpaired) electrons. The molecule has 5 rings (SSSR count).